The Morgan fingerprint density at radius 2 is 1.79 bits per heavy atom. The van der Waals surface area contributed by atoms with Crippen molar-refractivity contribution >= 4 is 45.6 Å². The summed E-state index contributed by atoms with van der Waals surface area (Å²) < 4.78 is 0. The van der Waals surface area contributed by atoms with E-state index in [1.165, 1.54) is 0 Å². The zero-order valence-electron chi connectivity index (χ0n) is 9.57. The van der Waals surface area contributed by atoms with E-state index in [1.54, 1.807) is 18.5 Å². The van der Waals surface area contributed by atoms with Crippen LogP contribution in [0.2, 0.25) is 15.2 Å². The lowest BCUT2D eigenvalue weighted by molar-refractivity contribution is 1.32. The fourth-order valence-corrected chi connectivity index (χ4v) is 2.55. The number of hydrogen-bond acceptors (Lipinski definition) is 2. The smallest absolute Gasteiger partial charge is 0.148 e. The molecule has 2 heterocycles. The van der Waals surface area contributed by atoms with Gasteiger partial charge in [0.15, 0.2) is 0 Å². The van der Waals surface area contributed by atoms with Gasteiger partial charge in [0.2, 0.25) is 0 Å². The number of aromatic nitrogens is 2. The molecule has 2 aromatic heterocycles. The first-order chi connectivity index (χ1) is 9.16. The molecule has 0 saturated heterocycles. The van der Waals surface area contributed by atoms with Crippen molar-refractivity contribution in [2.45, 2.75) is 0 Å². The summed E-state index contributed by atoms with van der Waals surface area (Å²) in [6.07, 6.45) is 3.53. The Morgan fingerprint density at radius 3 is 2.63 bits per heavy atom. The minimum absolute atomic E-state index is 0.238. The standard InChI is InChI=1S/C14H7Cl3N2/c15-11-6-12(16)14(17)19-13(11)9-3-1-2-8-4-5-18-7-10(8)9/h1-7H. The Bertz CT molecular complexity index is 766. The lowest BCUT2D eigenvalue weighted by Crippen LogP contribution is -1.89. The molecule has 1 aromatic carbocycles. The number of pyridine rings is 2. The van der Waals surface area contributed by atoms with Crippen molar-refractivity contribution in [2.75, 3.05) is 0 Å². The Kier molecular flexibility index (Phi) is 3.31. The Morgan fingerprint density at radius 1 is 0.947 bits per heavy atom. The summed E-state index contributed by atoms with van der Waals surface area (Å²) in [5, 5.41) is 3.08. The maximum atomic E-state index is 6.21. The van der Waals surface area contributed by atoms with Crippen LogP contribution in [0.1, 0.15) is 0 Å². The van der Waals surface area contributed by atoms with Gasteiger partial charge >= 0.3 is 0 Å². The van der Waals surface area contributed by atoms with Crippen LogP contribution in [0.3, 0.4) is 0 Å². The number of hydrogen-bond donors (Lipinski definition) is 0. The van der Waals surface area contributed by atoms with Gasteiger partial charge in [-0.2, -0.15) is 0 Å². The van der Waals surface area contributed by atoms with Crippen LogP contribution in [-0.4, -0.2) is 9.97 Å². The zero-order chi connectivity index (χ0) is 13.4. The van der Waals surface area contributed by atoms with E-state index in [4.69, 9.17) is 34.8 Å². The quantitative estimate of drug-likeness (QED) is 0.573. The van der Waals surface area contributed by atoms with Crippen LogP contribution in [0.4, 0.5) is 0 Å². The summed E-state index contributed by atoms with van der Waals surface area (Å²) in [7, 11) is 0. The summed E-state index contributed by atoms with van der Waals surface area (Å²) in [6, 6.07) is 9.42. The predicted molar refractivity (Wildman–Crippen MR) is 80.0 cm³/mol. The summed E-state index contributed by atoms with van der Waals surface area (Å²) in [5.41, 5.74) is 1.49. The van der Waals surface area contributed by atoms with Crippen LogP contribution in [0, 0.1) is 0 Å². The van der Waals surface area contributed by atoms with Crippen LogP contribution >= 0.6 is 34.8 Å². The van der Waals surface area contributed by atoms with Gasteiger partial charge in [-0.15, -0.1) is 0 Å². The topological polar surface area (TPSA) is 25.8 Å². The molecule has 94 valence electrons. The predicted octanol–water partition coefficient (Wildman–Crippen LogP) is 5.26. The van der Waals surface area contributed by atoms with Gasteiger partial charge in [0.1, 0.15) is 5.15 Å². The Hall–Kier alpha value is -1.35. The van der Waals surface area contributed by atoms with Gasteiger partial charge in [0.25, 0.3) is 0 Å². The molecule has 3 aromatic rings. The van der Waals surface area contributed by atoms with Gasteiger partial charge in [0, 0.05) is 23.3 Å². The SMILES string of the molecule is Clc1cc(Cl)c(-c2cccc3ccncc23)nc1Cl. The maximum absolute atomic E-state index is 6.21. The average Bonchev–Trinajstić information content (AvgIpc) is 2.42. The van der Waals surface area contributed by atoms with E-state index in [2.05, 4.69) is 9.97 Å². The average molecular weight is 310 g/mol. The largest absolute Gasteiger partial charge is 0.264 e. The third kappa shape index (κ3) is 2.27. The highest BCUT2D eigenvalue weighted by atomic mass is 35.5. The minimum atomic E-state index is 0.238. The van der Waals surface area contributed by atoms with Crippen molar-refractivity contribution in [3.63, 3.8) is 0 Å². The molecule has 0 radical (unpaired) electrons. The zero-order valence-corrected chi connectivity index (χ0v) is 11.8. The molecule has 0 amide bonds. The Balaban J connectivity index is 2.33. The molecule has 0 aliphatic carbocycles. The van der Waals surface area contributed by atoms with Crippen molar-refractivity contribution < 1.29 is 0 Å². The van der Waals surface area contributed by atoms with Crippen molar-refractivity contribution in [1.29, 1.82) is 0 Å². The van der Waals surface area contributed by atoms with Crippen molar-refractivity contribution in [3.8, 4) is 11.3 Å². The number of nitrogens with zero attached hydrogens (tertiary/aromatic N) is 2. The van der Waals surface area contributed by atoms with Gasteiger partial charge in [-0.25, -0.2) is 4.98 Å². The molecule has 3 rings (SSSR count). The molecule has 0 spiro atoms. The van der Waals surface area contributed by atoms with Crippen LogP contribution < -0.4 is 0 Å². The van der Waals surface area contributed by atoms with Gasteiger partial charge in [-0.3, -0.25) is 4.98 Å². The molecule has 0 unspecified atom stereocenters. The first-order valence-corrected chi connectivity index (χ1v) is 6.65. The fraction of sp³-hybridized carbons (Fsp3) is 0. The third-order valence-corrected chi connectivity index (χ3v) is 3.79. The number of benzene rings is 1. The molecule has 5 heteroatoms. The molecule has 2 nitrogen and oxygen atoms in total. The highest BCUT2D eigenvalue weighted by Gasteiger charge is 2.12. The molecule has 0 aliphatic rings. The molecular formula is C14H7Cl3N2. The van der Waals surface area contributed by atoms with E-state index < -0.39 is 0 Å². The highest BCUT2D eigenvalue weighted by Crippen LogP contribution is 2.35. The van der Waals surface area contributed by atoms with E-state index in [1.807, 2.05) is 24.3 Å². The first-order valence-electron chi connectivity index (χ1n) is 5.51. The van der Waals surface area contributed by atoms with E-state index in [0.29, 0.717) is 15.7 Å². The summed E-state index contributed by atoms with van der Waals surface area (Å²) in [6.45, 7) is 0. The second-order valence-corrected chi connectivity index (χ2v) is 5.17. The van der Waals surface area contributed by atoms with Gasteiger partial charge in [0.05, 0.1) is 15.7 Å². The third-order valence-electron chi connectivity index (χ3n) is 2.83. The van der Waals surface area contributed by atoms with Crippen LogP contribution in [0.5, 0.6) is 0 Å². The highest BCUT2D eigenvalue weighted by molar-refractivity contribution is 6.43. The van der Waals surface area contributed by atoms with Crippen molar-refractivity contribution in [1.82, 2.24) is 9.97 Å². The summed E-state index contributed by atoms with van der Waals surface area (Å²) >= 11 is 18.1. The summed E-state index contributed by atoms with van der Waals surface area (Å²) in [4.78, 5) is 8.41. The monoisotopic (exact) mass is 308 g/mol. The molecule has 0 fully saturated rings. The van der Waals surface area contributed by atoms with E-state index in [0.717, 1.165) is 16.3 Å². The van der Waals surface area contributed by atoms with Gasteiger partial charge in [-0.1, -0.05) is 53.0 Å². The van der Waals surface area contributed by atoms with Gasteiger partial charge < -0.3 is 0 Å². The lowest BCUT2D eigenvalue weighted by atomic mass is 10.0. The van der Waals surface area contributed by atoms with Crippen molar-refractivity contribution in [3.05, 3.63) is 57.9 Å². The molecule has 0 aliphatic heterocycles. The first kappa shape index (κ1) is 12.7. The van der Waals surface area contributed by atoms with Crippen LogP contribution in [0.25, 0.3) is 22.0 Å². The van der Waals surface area contributed by atoms with Gasteiger partial charge in [-0.05, 0) is 17.5 Å². The normalized spacial score (nSPS) is 10.9. The number of fused-ring (bicyclic) bond motifs is 1. The van der Waals surface area contributed by atoms with E-state index >= 15 is 0 Å². The second kappa shape index (κ2) is 4.97. The van der Waals surface area contributed by atoms with E-state index in [-0.39, 0.29) is 5.15 Å². The molecule has 0 saturated carbocycles. The maximum Gasteiger partial charge on any atom is 0.148 e. The van der Waals surface area contributed by atoms with E-state index in [9.17, 15) is 0 Å². The molecule has 19 heavy (non-hydrogen) atoms. The minimum Gasteiger partial charge on any atom is -0.264 e. The molecule has 0 N–H and O–H groups in total. The van der Waals surface area contributed by atoms with Crippen LogP contribution in [0.15, 0.2) is 42.7 Å². The lowest BCUT2D eigenvalue weighted by Gasteiger charge is -2.08. The van der Waals surface area contributed by atoms with Crippen molar-refractivity contribution in [2.24, 2.45) is 0 Å². The fourth-order valence-electron chi connectivity index (χ4n) is 1.95. The molecule has 0 bridgehead atoms. The summed E-state index contributed by atoms with van der Waals surface area (Å²) in [5.74, 6) is 0. The second-order valence-electron chi connectivity index (χ2n) is 3.99. The molecular weight excluding hydrogens is 303 g/mol. The number of halogens is 3. The number of rotatable bonds is 1. The van der Waals surface area contributed by atoms with Crippen LogP contribution in [-0.2, 0) is 0 Å². The molecule has 0 atom stereocenters. The Labute approximate surface area is 125 Å².